The second-order valence-corrected chi connectivity index (χ2v) is 5.64. The van der Waals surface area contributed by atoms with E-state index in [1.54, 1.807) is 6.07 Å². The number of hydrogen-bond donors (Lipinski definition) is 1. The number of hydrogen-bond acceptors (Lipinski definition) is 5. The molecule has 1 aromatic rings. The Hall–Kier alpha value is -1.56. The second-order valence-electron chi connectivity index (χ2n) is 5.25. The molecule has 1 saturated heterocycles. The predicted octanol–water partition coefficient (Wildman–Crippen LogP) is 1.94. The van der Waals surface area contributed by atoms with Gasteiger partial charge in [0.05, 0.1) is 13.2 Å². The maximum Gasteiger partial charge on any atom is 0.407 e. The zero-order chi connectivity index (χ0) is 14.1. The highest BCUT2D eigenvalue weighted by Crippen LogP contribution is 2.39. The van der Waals surface area contributed by atoms with Crippen LogP contribution in [0.1, 0.15) is 31.0 Å². The average Bonchev–Trinajstić information content (AvgIpc) is 3.18. The minimum absolute atomic E-state index is 0.0839. The van der Waals surface area contributed by atoms with E-state index in [1.807, 2.05) is 0 Å². The van der Waals surface area contributed by atoms with Crippen molar-refractivity contribution in [1.82, 2.24) is 15.3 Å². The normalized spacial score (nSPS) is 21.9. The Bertz CT molecular complexity index is 521. The Labute approximate surface area is 122 Å². The lowest BCUT2D eigenvalue weighted by Gasteiger charge is -2.18. The Morgan fingerprint density at radius 3 is 2.95 bits per heavy atom. The fourth-order valence-corrected chi connectivity index (χ4v) is 2.60. The van der Waals surface area contributed by atoms with E-state index in [9.17, 15) is 4.79 Å². The van der Waals surface area contributed by atoms with Crippen molar-refractivity contribution in [2.24, 2.45) is 0 Å². The largest absolute Gasteiger partial charge is 0.453 e. The molecule has 2 aliphatic rings. The summed E-state index contributed by atoms with van der Waals surface area (Å²) in [5, 5.41) is 3.30. The average molecular weight is 297 g/mol. The molecule has 2 heterocycles. The van der Waals surface area contributed by atoms with Gasteiger partial charge in [-0.15, -0.1) is 0 Å². The highest BCUT2D eigenvalue weighted by atomic mass is 35.5. The molecule has 1 amide bonds. The topological polar surface area (TPSA) is 67.3 Å². The molecule has 1 atom stereocenters. The number of nitrogens with zero attached hydrogens (tertiary/aromatic N) is 3. The van der Waals surface area contributed by atoms with E-state index in [0.717, 1.165) is 37.4 Å². The van der Waals surface area contributed by atoms with E-state index in [4.69, 9.17) is 11.6 Å². The Kier molecular flexibility index (Phi) is 3.65. The minimum Gasteiger partial charge on any atom is -0.453 e. The second kappa shape index (κ2) is 5.44. The number of carbonyl (C=O) groups excluding carboxylic acids is 1. The maximum atomic E-state index is 11.2. The highest BCUT2D eigenvalue weighted by Gasteiger charge is 2.30. The number of alkyl carbamates (subject to hydrolysis) is 1. The van der Waals surface area contributed by atoms with Crippen LogP contribution in [-0.4, -0.2) is 42.3 Å². The lowest BCUT2D eigenvalue weighted by molar-refractivity contribution is 0.167. The van der Waals surface area contributed by atoms with Gasteiger partial charge in [-0.05, 0) is 19.3 Å². The number of halogens is 1. The molecule has 1 N–H and O–H groups in total. The van der Waals surface area contributed by atoms with Crippen molar-refractivity contribution in [3.8, 4) is 0 Å². The summed E-state index contributed by atoms with van der Waals surface area (Å²) >= 11 is 6.08. The van der Waals surface area contributed by atoms with Gasteiger partial charge in [-0.1, -0.05) is 11.6 Å². The monoisotopic (exact) mass is 296 g/mol. The third-order valence-corrected chi connectivity index (χ3v) is 3.85. The third-order valence-electron chi connectivity index (χ3n) is 3.66. The summed E-state index contributed by atoms with van der Waals surface area (Å²) in [5.74, 6) is 2.16. The van der Waals surface area contributed by atoms with Crippen molar-refractivity contribution in [3.63, 3.8) is 0 Å². The van der Waals surface area contributed by atoms with Gasteiger partial charge >= 0.3 is 6.09 Å². The number of carbonyl (C=O) groups is 1. The quantitative estimate of drug-likeness (QED) is 0.864. The van der Waals surface area contributed by atoms with Crippen LogP contribution >= 0.6 is 11.6 Å². The zero-order valence-electron chi connectivity index (χ0n) is 11.3. The maximum absolute atomic E-state index is 11.2. The molecule has 1 aromatic heterocycles. The van der Waals surface area contributed by atoms with E-state index in [-0.39, 0.29) is 6.04 Å². The van der Waals surface area contributed by atoms with Crippen molar-refractivity contribution in [1.29, 1.82) is 0 Å². The lowest BCUT2D eigenvalue weighted by Crippen LogP contribution is -2.37. The van der Waals surface area contributed by atoms with Crippen LogP contribution in [0.5, 0.6) is 0 Å². The summed E-state index contributed by atoms with van der Waals surface area (Å²) < 4.78 is 4.62. The smallest absolute Gasteiger partial charge is 0.407 e. The first kappa shape index (κ1) is 13.4. The van der Waals surface area contributed by atoms with Gasteiger partial charge in [0.15, 0.2) is 0 Å². The zero-order valence-corrected chi connectivity index (χ0v) is 12.1. The summed E-state index contributed by atoms with van der Waals surface area (Å²) in [5.41, 5.74) is 0. The van der Waals surface area contributed by atoms with Gasteiger partial charge in [0.1, 0.15) is 16.8 Å². The molecule has 1 unspecified atom stereocenters. The fraction of sp³-hybridized carbons (Fsp3) is 0.615. The SMILES string of the molecule is COC(=O)NC1CCN(c2cc(Cl)nc(C3CC3)n2)C1. The molecule has 1 aliphatic heterocycles. The van der Waals surface area contributed by atoms with E-state index < -0.39 is 6.09 Å². The minimum atomic E-state index is -0.392. The molecule has 0 spiro atoms. The van der Waals surface area contributed by atoms with Crippen LogP contribution in [0.3, 0.4) is 0 Å². The molecule has 3 rings (SSSR count). The number of anilines is 1. The predicted molar refractivity (Wildman–Crippen MR) is 75.2 cm³/mol. The lowest BCUT2D eigenvalue weighted by atomic mass is 10.3. The first-order chi connectivity index (χ1) is 9.65. The molecule has 20 heavy (non-hydrogen) atoms. The van der Waals surface area contributed by atoms with Gasteiger partial charge in [-0.25, -0.2) is 14.8 Å². The standard InChI is InChI=1S/C13H17ClN4O2/c1-20-13(19)15-9-4-5-18(7-9)11-6-10(14)16-12(17-11)8-2-3-8/h6,8-9H,2-5,7H2,1H3,(H,15,19). The fourth-order valence-electron chi connectivity index (χ4n) is 2.42. The van der Waals surface area contributed by atoms with Crippen LogP contribution in [0.4, 0.5) is 10.6 Å². The Balaban J connectivity index is 1.69. The molecule has 6 nitrogen and oxygen atoms in total. The molecule has 7 heteroatoms. The van der Waals surface area contributed by atoms with Gasteiger partial charge in [0.2, 0.25) is 0 Å². The molecule has 0 radical (unpaired) electrons. The molecule has 1 aliphatic carbocycles. The summed E-state index contributed by atoms with van der Waals surface area (Å²) in [6.07, 6.45) is 2.77. The van der Waals surface area contributed by atoms with Crippen molar-refractivity contribution in [3.05, 3.63) is 17.0 Å². The molecular formula is C13H17ClN4O2. The molecule has 0 bridgehead atoms. The van der Waals surface area contributed by atoms with Crippen molar-refractivity contribution in [2.45, 2.75) is 31.2 Å². The van der Waals surface area contributed by atoms with E-state index in [1.165, 1.54) is 7.11 Å². The number of rotatable bonds is 3. The van der Waals surface area contributed by atoms with Crippen LogP contribution < -0.4 is 10.2 Å². The first-order valence-corrected chi connectivity index (χ1v) is 7.17. The number of ether oxygens (including phenoxy) is 1. The van der Waals surface area contributed by atoms with Crippen LogP contribution in [0, 0.1) is 0 Å². The van der Waals surface area contributed by atoms with Gasteiger partial charge in [-0.2, -0.15) is 0 Å². The van der Waals surface area contributed by atoms with Crippen LogP contribution in [0.2, 0.25) is 5.15 Å². The molecule has 108 valence electrons. The summed E-state index contributed by atoms with van der Waals surface area (Å²) in [7, 11) is 1.37. The number of nitrogens with one attached hydrogen (secondary N) is 1. The van der Waals surface area contributed by atoms with E-state index in [0.29, 0.717) is 17.6 Å². The number of amides is 1. The Morgan fingerprint density at radius 1 is 1.45 bits per heavy atom. The molecular weight excluding hydrogens is 280 g/mol. The summed E-state index contributed by atoms with van der Waals surface area (Å²) in [6, 6.07) is 1.87. The van der Waals surface area contributed by atoms with Crippen LogP contribution in [0.25, 0.3) is 0 Å². The van der Waals surface area contributed by atoms with Gasteiger partial charge in [0, 0.05) is 25.1 Å². The number of methoxy groups -OCH3 is 1. The van der Waals surface area contributed by atoms with Gasteiger partial charge < -0.3 is 15.0 Å². The molecule has 1 saturated carbocycles. The third kappa shape index (κ3) is 2.95. The summed E-state index contributed by atoms with van der Waals surface area (Å²) in [4.78, 5) is 22.2. The molecule has 2 fully saturated rings. The number of aromatic nitrogens is 2. The van der Waals surface area contributed by atoms with Crippen molar-refractivity contribution >= 4 is 23.5 Å². The van der Waals surface area contributed by atoms with Crippen LogP contribution in [0.15, 0.2) is 6.07 Å². The van der Waals surface area contributed by atoms with E-state index in [2.05, 4.69) is 24.9 Å². The first-order valence-electron chi connectivity index (χ1n) is 6.79. The highest BCUT2D eigenvalue weighted by molar-refractivity contribution is 6.29. The van der Waals surface area contributed by atoms with Gasteiger partial charge in [-0.3, -0.25) is 0 Å². The van der Waals surface area contributed by atoms with Crippen molar-refractivity contribution in [2.75, 3.05) is 25.1 Å². The molecule has 0 aromatic carbocycles. The van der Waals surface area contributed by atoms with Crippen molar-refractivity contribution < 1.29 is 9.53 Å². The van der Waals surface area contributed by atoms with E-state index >= 15 is 0 Å². The Morgan fingerprint density at radius 2 is 2.25 bits per heavy atom. The van der Waals surface area contributed by atoms with Gasteiger partial charge in [0.25, 0.3) is 0 Å². The summed E-state index contributed by atoms with van der Waals surface area (Å²) in [6.45, 7) is 1.55. The van der Waals surface area contributed by atoms with Crippen LogP contribution in [-0.2, 0) is 4.74 Å².